The molecule has 0 spiro atoms. The fraction of sp³-hybridized carbons (Fsp3) is 0.182. The van der Waals surface area contributed by atoms with Crippen LogP contribution >= 0.6 is 0 Å². The number of rotatable bonds is 4. The van der Waals surface area contributed by atoms with Crippen LogP contribution in [0.15, 0.2) is 30.9 Å². The molecule has 0 fully saturated rings. The van der Waals surface area contributed by atoms with Gasteiger partial charge in [0.1, 0.15) is 5.54 Å². The summed E-state index contributed by atoms with van der Waals surface area (Å²) < 4.78 is 0. The van der Waals surface area contributed by atoms with Crippen LogP contribution in [0.5, 0.6) is 11.5 Å². The average molecular weight is 223 g/mol. The number of aromatic hydroxyl groups is 2. The Morgan fingerprint density at radius 3 is 2.50 bits per heavy atom. The predicted molar refractivity (Wildman–Crippen MR) is 58.2 cm³/mol. The number of hydrogen-bond donors (Lipinski definition) is 4. The van der Waals surface area contributed by atoms with Crippen LogP contribution in [-0.4, -0.2) is 26.8 Å². The first kappa shape index (κ1) is 12.1. The molecule has 0 amide bonds. The van der Waals surface area contributed by atoms with Gasteiger partial charge in [0.15, 0.2) is 11.5 Å². The summed E-state index contributed by atoms with van der Waals surface area (Å²) in [5, 5.41) is 27.2. The van der Waals surface area contributed by atoms with Gasteiger partial charge in [0, 0.05) is 6.42 Å². The number of hydrogen-bond acceptors (Lipinski definition) is 4. The minimum atomic E-state index is -1.58. The Morgan fingerprint density at radius 2 is 2.06 bits per heavy atom. The second kappa shape index (κ2) is 4.24. The number of carboxylic acids is 1. The molecule has 0 bridgehead atoms. The van der Waals surface area contributed by atoms with Gasteiger partial charge in [-0.2, -0.15) is 0 Å². The molecule has 0 heterocycles. The summed E-state index contributed by atoms with van der Waals surface area (Å²) in [6, 6.07) is 4.03. The largest absolute Gasteiger partial charge is 0.504 e. The molecule has 0 saturated heterocycles. The van der Waals surface area contributed by atoms with Crippen molar-refractivity contribution in [2.24, 2.45) is 5.73 Å². The zero-order chi connectivity index (χ0) is 12.3. The van der Waals surface area contributed by atoms with Crippen molar-refractivity contribution < 1.29 is 20.1 Å². The average Bonchev–Trinajstić information content (AvgIpc) is 2.23. The van der Waals surface area contributed by atoms with Crippen LogP contribution in [0.2, 0.25) is 0 Å². The van der Waals surface area contributed by atoms with Crippen molar-refractivity contribution in [2.45, 2.75) is 12.0 Å². The number of benzene rings is 1. The monoisotopic (exact) mass is 223 g/mol. The van der Waals surface area contributed by atoms with Crippen molar-refractivity contribution >= 4 is 5.97 Å². The van der Waals surface area contributed by atoms with Gasteiger partial charge < -0.3 is 21.1 Å². The molecule has 5 heteroatoms. The fourth-order valence-electron chi connectivity index (χ4n) is 1.25. The Hall–Kier alpha value is -2.01. The number of carbonyl (C=O) groups is 1. The third kappa shape index (κ3) is 2.32. The second-order valence-electron chi connectivity index (χ2n) is 3.55. The minimum absolute atomic E-state index is 0.0142. The topological polar surface area (TPSA) is 104 Å². The molecule has 0 aromatic heterocycles. The van der Waals surface area contributed by atoms with E-state index in [1.165, 1.54) is 18.2 Å². The van der Waals surface area contributed by atoms with Crippen LogP contribution in [0.3, 0.4) is 0 Å². The third-order valence-electron chi connectivity index (χ3n) is 2.30. The zero-order valence-corrected chi connectivity index (χ0v) is 8.55. The normalized spacial score (nSPS) is 14.1. The van der Waals surface area contributed by atoms with Crippen molar-refractivity contribution in [1.82, 2.24) is 0 Å². The Bertz CT molecular complexity index is 430. The van der Waals surface area contributed by atoms with E-state index in [0.29, 0.717) is 5.56 Å². The van der Waals surface area contributed by atoms with Gasteiger partial charge in [-0.05, 0) is 17.7 Å². The first-order chi connectivity index (χ1) is 7.39. The Labute approximate surface area is 92.5 Å². The number of carboxylic acid groups (broad SMARTS) is 1. The molecule has 1 rings (SSSR count). The van der Waals surface area contributed by atoms with Crippen LogP contribution < -0.4 is 5.73 Å². The van der Waals surface area contributed by atoms with Crippen LogP contribution in [0, 0.1) is 0 Å². The van der Waals surface area contributed by atoms with Crippen LogP contribution in [0.25, 0.3) is 0 Å². The SMILES string of the molecule is C=C[C@](N)(Cc1ccc(O)c(O)c1)C(=O)O. The lowest BCUT2D eigenvalue weighted by molar-refractivity contribution is -0.141. The van der Waals surface area contributed by atoms with E-state index < -0.39 is 11.5 Å². The maximum Gasteiger partial charge on any atom is 0.328 e. The van der Waals surface area contributed by atoms with Gasteiger partial charge in [0.05, 0.1) is 0 Å². The highest BCUT2D eigenvalue weighted by Gasteiger charge is 2.30. The van der Waals surface area contributed by atoms with Gasteiger partial charge >= 0.3 is 5.97 Å². The van der Waals surface area contributed by atoms with E-state index in [9.17, 15) is 9.90 Å². The molecular weight excluding hydrogens is 210 g/mol. The molecule has 0 aliphatic heterocycles. The van der Waals surface area contributed by atoms with E-state index in [4.69, 9.17) is 15.9 Å². The van der Waals surface area contributed by atoms with E-state index in [-0.39, 0.29) is 17.9 Å². The number of phenolic OH excluding ortho intramolecular Hbond substituents is 2. The predicted octanol–water partition coefficient (Wildman–Crippen LogP) is 0.608. The second-order valence-corrected chi connectivity index (χ2v) is 3.55. The molecule has 0 saturated carbocycles. The van der Waals surface area contributed by atoms with E-state index >= 15 is 0 Å². The molecule has 1 atom stereocenters. The molecule has 1 aromatic rings. The third-order valence-corrected chi connectivity index (χ3v) is 2.30. The first-order valence-corrected chi connectivity index (χ1v) is 4.56. The van der Waals surface area contributed by atoms with E-state index in [0.717, 1.165) is 6.08 Å². The highest BCUT2D eigenvalue weighted by atomic mass is 16.4. The Morgan fingerprint density at radius 1 is 1.44 bits per heavy atom. The molecule has 86 valence electrons. The number of phenols is 2. The summed E-state index contributed by atoms with van der Waals surface area (Å²) in [5.41, 5.74) is 4.52. The quantitative estimate of drug-likeness (QED) is 0.442. The lowest BCUT2D eigenvalue weighted by Crippen LogP contribution is -2.47. The van der Waals surface area contributed by atoms with Gasteiger partial charge in [-0.15, -0.1) is 6.58 Å². The number of aliphatic carboxylic acids is 1. The molecule has 0 aliphatic carbocycles. The van der Waals surface area contributed by atoms with Gasteiger partial charge in [0.25, 0.3) is 0 Å². The molecular formula is C11H13NO4. The van der Waals surface area contributed by atoms with Gasteiger partial charge in [-0.25, -0.2) is 4.79 Å². The van der Waals surface area contributed by atoms with Crippen molar-refractivity contribution in [3.8, 4) is 11.5 Å². The minimum Gasteiger partial charge on any atom is -0.504 e. The molecule has 5 nitrogen and oxygen atoms in total. The van der Waals surface area contributed by atoms with Gasteiger partial charge in [-0.1, -0.05) is 12.1 Å². The molecule has 16 heavy (non-hydrogen) atoms. The maximum absolute atomic E-state index is 10.9. The Kier molecular flexibility index (Phi) is 3.20. The summed E-state index contributed by atoms with van der Waals surface area (Å²) in [6.45, 7) is 3.37. The van der Waals surface area contributed by atoms with E-state index in [2.05, 4.69) is 6.58 Å². The summed E-state index contributed by atoms with van der Waals surface area (Å²) in [5.74, 6) is -1.77. The standard InChI is InChI=1S/C11H13NO4/c1-2-11(12,10(15)16)6-7-3-4-8(13)9(14)5-7/h2-5,13-14H,1,6,12H2,(H,15,16)/t11-/m0/s1. The molecule has 0 unspecified atom stereocenters. The molecule has 0 aliphatic rings. The first-order valence-electron chi connectivity index (χ1n) is 4.56. The highest BCUT2D eigenvalue weighted by molar-refractivity contribution is 5.81. The zero-order valence-electron chi connectivity index (χ0n) is 8.55. The van der Waals surface area contributed by atoms with Crippen LogP contribution in [0.1, 0.15) is 5.56 Å². The van der Waals surface area contributed by atoms with Crippen molar-refractivity contribution in [2.75, 3.05) is 0 Å². The van der Waals surface area contributed by atoms with Gasteiger partial charge in [-0.3, -0.25) is 0 Å². The van der Waals surface area contributed by atoms with E-state index in [1.807, 2.05) is 0 Å². The van der Waals surface area contributed by atoms with Crippen LogP contribution in [0.4, 0.5) is 0 Å². The van der Waals surface area contributed by atoms with Gasteiger partial charge in [0.2, 0.25) is 0 Å². The van der Waals surface area contributed by atoms with Crippen molar-refractivity contribution in [3.05, 3.63) is 36.4 Å². The number of nitrogens with two attached hydrogens (primary N) is 1. The summed E-state index contributed by atoms with van der Waals surface area (Å²) in [7, 11) is 0. The lowest BCUT2D eigenvalue weighted by Gasteiger charge is -2.20. The molecule has 5 N–H and O–H groups in total. The maximum atomic E-state index is 10.9. The van der Waals surface area contributed by atoms with Crippen LogP contribution in [-0.2, 0) is 11.2 Å². The summed E-state index contributed by atoms with van der Waals surface area (Å²) >= 11 is 0. The Balaban J connectivity index is 2.99. The molecule has 1 aromatic carbocycles. The molecule has 0 radical (unpaired) electrons. The highest BCUT2D eigenvalue weighted by Crippen LogP contribution is 2.26. The van der Waals surface area contributed by atoms with E-state index in [1.54, 1.807) is 0 Å². The van der Waals surface area contributed by atoms with Crippen molar-refractivity contribution in [3.63, 3.8) is 0 Å². The smallest absolute Gasteiger partial charge is 0.328 e. The summed E-state index contributed by atoms with van der Waals surface area (Å²) in [4.78, 5) is 10.9. The lowest BCUT2D eigenvalue weighted by atomic mass is 9.92. The fourth-order valence-corrected chi connectivity index (χ4v) is 1.25. The van der Waals surface area contributed by atoms with Crippen molar-refractivity contribution in [1.29, 1.82) is 0 Å². The summed E-state index contributed by atoms with van der Waals surface area (Å²) in [6.07, 6.45) is 1.12.